The van der Waals surface area contributed by atoms with Crippen molar-refractivity contribution >= 4 is 11.8 Å². The normalized spacial score (nSPS) is 17.1. The molecule has 0 aromatic carbocycles. The number of nitrogens with one attached hydrogen (secondary N) is 2. The summed E-state index contributed by atoms with van der Waals surface area (Å²) in [6.45, 7) is 1.34. The van der Waals surface area contributed by atoms with Gasteiger partial charge in [0.1, 0.15) is 6.04 Å². The Labute approximate surface area is 157 Å². The van der Waals surface area contributed by atoms with Gasteiger partial charge in [-0.3, -0.25) is 19.8 Å². The molecule has 0 saturated heterocycles. The third kappa shape index (κ3) is 6.12. The smallest absolute Gasteiger partial charge is 0.268 e. The molecule has 0 bridgehead atoms. The topological polar surface area (TPSA) is 112 Å². The quantitative estimate of drug-likeness (QED) is 0.349. The summed E-state index contributed by atoms with van der Waals surface area (Å²) in [5, 5.41) is 20.6. The predicted octanol–water partition coefficient (Wildman–Crippen LogP) is 0.310. The van der Waals surface area contributed by atoms with Crippen molar-refractivity contribution in [2.24, 2.45) is 5.92 Å². The number of hydroxylamine groups is 1. The highest BCUT2D eigenvalue weighted by molar-refractivity contribution is 5.99. The average molecular weight is 365 g/mol. The Bertz CT molecular complexity index is 867. The Balaban J connectivity index is 1.92. The van der Waals surface area contributed by atoms with E-state index in [4.69, 9.17) is 5.21 Å². The van der Waals surface area contributed by atoms with Crippen LogP contribution in [0.15, 0.2) is 48.3 Å². The lowest BCUT2D eigenvalue weighted by Crippen LogP contribution is -2.52. The van der Waals surface area contributed by atoms with E-state index in [9.17, 15) is 14.7 Å². The summed E-state index contributed by atoms with van der Waals surface area (Å²) < 4.78 is 0. The summed E-state index contributed by atoms with van der Waals surface area (Å²) in [7, 11) is 0. The van der Waals surface area contributed by atoms with Gasteiger partial charge in [-0.05, 0) is 37.3 Å². The molecule has 2 amide bonds. The zero-order chi connectivity index (χ0) is 19.6. The van der Waals surface area contributed by atoms with Crippen LogP contribution in [0.2, 0.25) is 0 Å². The second-order valence-electron chi connectivity index (χ2n) is 5.79. The lowest BCUT2D eigenvalue weighted by atomic mass is 9.96. The highest BCUT2D eigenvalue weighted by atomic mass is 16.5. The van der Waals surface area contributed by atoms with Crippen LogP contribution in [-0.2, 0) is 9.59 Å². The summed E-state index contributed by atoms with van der Waals surface area (Å²) in [4.78, 5) is 27.6. The maximum absolute atomic E-state index is 12.2. The van der Waals surface area contributed by atoms with Crippen molar-refractivity contribution in [3.63, 3.8) is 0 Å². The number of aromatic nitrogens is 1. The molecule has 1 heterocycles. The molecule has 3 atom stereocenters. The van der Waals surface area contributed by atoms with Gasteiger partial charge in [0.25, 0.3) is 11.8 Å². The SMILES string of the molecule is C[C@@H](O)[C@H](NC(=O)C1=CCC(C#CC#Cc2cccnc2)C=C1)C(=O)NO. The molecule has 1 aromatic heterocycles. The van der Waals surface area contributed by atoms with Gasteiger partial charge in [-0.2, -0.15) is 0 Å². The fraction of sp³-hybridized carbons (Fsp3) is 0.250. The molecule has 1 aliphatic rings. The molecule has 0 radical (unpaired) electrons. The first-order valence-corrected chi connectivity index (χ1v) is 8.24. The molecule has 0 fully saturated rings. The van der Waals surface area contributed by atoms with Crippen molar-refractivity contribution in [1.82, 2.24) is 15.8 Å². The van der Waals surface area contributed by atoms with Gasteiger partial charge in [-0.1, -0.05) is 30.1 Å². The Hall–Kier alpha value is -3.39. The Morgan fingerprint density at radius 3 is 2.78 bits per heavy atom. The molecular weight excluding hydrogens is 346 g/mol. The molecule has 2 rings (SSSR count). The number of carbonyl (C=O) groups excluding carboxylic acids is 2. The van der Waals surface area contributed by atoms with Crippen LogP contribution >= 0.6 is 0 Å². The number of hydrogen-bond acceptors (Lipinski definition) is 5. The number of rotatable bonds is 4. The molecule has 0 aliphatic heterocycles. The van der Waals surface area contributed by atoms with Crippen LogP contribution in [0.5, 0.6) is 0 Å². The largest absolute Gasteiger partial charge is 0.391 e. The summed E-state index contributed by atoms with van der Waals surface area (Å²) in [5.74, 6) is 9.93. The van der Waals surface area contributed by atoms with E-state index in [1.54, 1.807) is 36.7 Å². The van der Waals surface area contributed by atoms with Crippen molar-refractivity contribution in [2.75, 3.05) is 0 Å². The molecule has 1 unspecified atom stereocenters. The van der Waals surface area contributed by atoms with E-state index in [0.29, 0.717) is 12.0 Å². The lowest BCUT2D eigenvalue weighted by molar-refractivity contribution is -0.136. The minimum atomic E-state index is -1.25. The number of amides is 2. The summed E-state index contributed by atoms with van der Waals surface area (Å²) in [6.07, 6.45) is 7.75. The van der Waals surface area contributed by atoms with Gasteiger partial charge in [0.15, 0.2) is 0 Å². The highest BCUT2D eigenvalue weighted by Crippen LogP contribution is 2.16. The van der Waals surface area contributed by atoms with Crippen LogP contribution < -0.4 is 10.8 Å². The lowest BCUT2D eigenvalue weighted by Gasteiger charge is -2.20. The minimum absolute atomic E-state index is 0.0712. The Morgan fingerprint density at radius 2 is 2.19 bits per heavy atom. The van der Waals surface area contributed by atoms with Crippen LogP contribution in [0.1, 0.15) is 18.9 Å². The van der Waals surface area contributed by atoms with E-state index in [2.05, 4.69) is 34.0 Å². The molecule has 1 aliphatic carbocycles. The van der Waals surface area contributed by atoms with Crippen molar-refractivity contribution in [1.29, 1.82) is 0 Å². The highest BCUT2D eigenvalue weighted by Gasteiger charge is 2.26. The number of pyridine rings is 1. The van der Waals surface area contributed by atoms with Gasteiger partial charge >= 0.3 is 0 Å². The number of allylic oxidation sites excluding steroid dienone is 2. The van der Waals surface area contributed by atoms with Crippen molar-refractivity contribution < 1.29 is 19.9 Å². The van der Waals surface area contributed by atoms with Gasteiger partial charge < -0.3 is 10.4 Å². The van der Waals surface area contributed by atoms with Crippen LogP contribution in [0.25, 0.3) is 0 Å². The first-order valence-electron chi connectivity index (χ1n) is 8.24. The van der Waals surface area contributed by atoms with E-state index in [0.717, 1.165) is 5.56 Å². The number of nitrogens with zero attached hydrogens (tertiary/aromatic N) is 1. The molecule has 7 nitrogen and oxygen atoms in total. The van der Waals surface area contributed by atoms with E-state index in [1.165, 1.54) is 12.4 Å². The van der Waals surface area contributed by atoms with Crippen molar-refractivity contribution in [3.8, 4) is 23.7 Å². The molecule has 0 saturated carbocycles. The number of carbonyl (C=O) groups is 2. The zero-order valence-corrected chi connectivity index (χ0v) is 14.6. The minimum Gasteiger partial charge on any atom is -0.391 e. The van der Waals surface area contributed by atoms with Crippen molar-refractivity contribution in [3.05, 3.63) is 53.9 Å². The molecule has 27 heavy (non-hydrogen) atoms. The molecule has 7 heteroatoms. The van der Waals surface area contributed by atoms with Crippen LogP contribution in [0.4, 0.5) is 0 Å². The van der Waals surface area contributed by atoms with Crippen LogP contribution in [0.3, 0.4) is 0 Å². The first-order chi connectivity index (χ1) is 13.0. The van der Waals surface area contributed by atoms with Gasteiger partial charge in [0.05, 0.1) is 6.10 Å². The predicted molar refractivity (Wildman–Crippen MR) is 97.8 cm³/mol. The van der Waals surface area contributed by atoms with Crippen LogP contribution in [0, 0.1) is 29.6 Å². The fourth-order valence-corrected chi connectivity index (χ4v) is 2.26. The maximum Gasteiger partial charge on any atom is 0.268 e. The third-order valence-electron chi connectivity index (χ3n) is 3.71. The summed E-state index contributed by atoms with van der Waals surface area (Å²) in [6, 6.07) is 2.38. The molecule has 0 spiro atoms. The first kappa shape index (κ1) is 19.9. The Kier molecular flexibility index (Phi) is 7.33. The molecular formula is C20H19N3O4. The fourth-order valence-electron chi connectivity index (χ4n) is 2.26. The second-order valence-corrected chi connectivity index (χ2v) is 5.79. The Morgan fingerprint density at radius 1 is 1.37 bits per heavy atom. The summed E-state index contributed by atoms with van der Waals surface area (Å²) >= 11 is 0. The van der Waals surface area contributed by atoms with Gasteiger partial charge in [0, 0.05) is 29.4 Å². The number of hydrogen-bond donors (Lipinski definition) is 4. The number of aliphatic hydroxyl groups excluding tert-OH is 1. The molecule has 1 aromatic rings. The zero-order valence-electron chi connectivity index (χ0n) is 14.6. The second kappa shape index (κ2) is 9.93. The van der Waals surface area contributed by atoms with E-state index < -0.39 is 24.0 Å². The average Bonchev–Trinajstić information content (AvgIpc) is 2.69. The van der Waals surface area contributed by atoms with Gasteiger partial charge in [0.2, 0.25) is 0 Å². The maximum atomic E-state index is 12.2. The summed E-state index contributed by atoms with van der Waals surface area (Å²) in [5.41, 5.74) is 2.55. The van der Waals surface area contributed by atoms with E-state index in [-0.39, 0.29) is 5.92 Å². The third-order valence-corrected chi connectivity index (χ3v) is 3.71. The van der Waals surface area contributed by atoms with E-state index >= 15 is 0 Å². The van der Waals surface area contributed by atoms with E-state index in [1.807, 2.05) is 6.07 Å². The molecule has 4 N–H and O–H groups in total. The van der Waals surface area contributed by atoms with Gasteiger partial charge in [-0.25, -0.2) is 5.48 Å². The van der Waals surface area contributed by atoms with Crippen molar-refractivity contribution in [2.45, 2.75) is 25.5 Å². The standard InChI is InChI=1S/C20H19N3O4/c1-14(24)18(20(26)23-27)22-19(25)17-10-8-15(9-11-17)5-2-3-6-16-7-4-12-21-13-16/h4,7-8,10-15,18,24,27H,9H2,1H3,(H,22,25)(H,23,26)/t14-,15?,18+/m1/s1. The molecule has 138 valence electrons. The van der Waals surface area contributed by atoms with Crippen LogP contribution in [-0.4, -0.2) is 39.3 Å². The monoisotopic (exact) mass is 365 g/mol. The number of aliphatic hydroxyl groups is 1. The van der Waals surface area contributed by atoms with Gasteiger partial charge in [-0.15, -0.1) is 0 Å².